The molecule has 0 N–H and O–H groups in total. The quantitative estimate of drug-likeness (QED) is 0.710. The Bertz CT molecular complexity index is 805. The molecule has 25 heavy (non-hydrogen) atoms. The lowest BCUT2D eigenvalue weighted by atomic mass is 9.93. The van der Waals surface area contributed by atoms with Crippen LogP contribution in [0.3, 0.4) is 0 Å². The maximum absolute atomic E-state index is 5.71. The zero-order chi connectivity index (χ0) is 17.1. The van der Waals surface area contributed by atoms with E-state index in [0.717, 1.165) is 24.1 Å². The number of hydrogen-bond acceptors (Lipinski definition) is 6. The number of benzene rings is 1. The van der Waals surface area contributed by atoms with Crippen LogP contribution in [0.5, 0.6) is 0 Å². The molecule has 1 aliphatic heterocycles. The van der Waals surface area contributed by atoms with Crippen molar-refractivity contribution in [3.05, 3.63) is 60.3 Å². The van der Waals surface area contributed by atoms with Crippen molar-refractivity contribution in [3.8, 4) is 5.69 Å². The second-order valence-corrected chi connectivity index (χ2v) is 6.14. The Labute approximate surface area is 145 Å². The van der Waals surface area contributed by atoms with Gasteiger partial charge in [-0.15, -0.1) is 0 Å². The number of rotatable bonds is 5. The van der Waals surface area contributed by atoms with Gasteiger partial charge in [0.05, 0.1) is 12.7 Å². The fourth-order valence-corrected chi connectivity index (χ4v) is 3.10. The molecule has 0 saturated carbocycles. The summed E-state index contributed by atoms with van der Waals surface area (Å²) in [5, 5.41) is 4.16. The largest absolute Gasteiger partial charge is 0.381 e. The van der Waals surface area contributed by atoms with Gasteiger partial charge in [0.2, 0.25) is 11.7 Å². The number of methoxy groups -OCH3 is 1. The third kappa shape index (κ3) is 3.20. The fraction of sp³-hybridized carbons (Fsp3) is 0.389. The van der Waals surface area contributed by atoms with Crippen molar-refractivity contribution in [3.63, 3.8) is 0 Å². The minimum atomic E-state index is -0.495. The fourth-order valence-electron chi connectivity index (χ4n) is 3.10. The second kappa shape index (κ2) is 6.78. The SMILES string of the molecule is COC1(c2noc(Cc3ccc(-n4ccnc4)cc3)n2)CCOCC1. The number of nitrogens with zero attached hydrogens (tertiary/aromatic N) is 4. The monoisotopic (exact) mass is 340 g/mol. The minimum absolute atomic E-state index is 0.495. The normalized spacial score (nSPS) is 16.8. The molecule has 1 fully saturated rings. The van der Waals surface area contributed by atoms with Crippen molar-refractivity contribution in [1.82, 2.24) is 19.7 Å². The van der Waals surface area contributed by atoms with Crippen molar-refractivity contribution >= 4 is 0 Å². The standard InChI is InChI=1S/C18H20N4O3/c1-23-18(6-10-24-11-7-18)17-20-16(25-21-17)12-14-2-4-15(5-3-14)22-9-8-19-13-22/h2-5,8-9,13H,6-7,10-12H2,1H3. The lowest BCUT2D eigenvalue weighted by Crippen LogP contribution is -2.36. The van der Waals surface area contributed by atoms with E-state index in [0.29, 0.717) is 31.3 Å². The van der Waals surface area contributed by atoms with Gasteiger partial charge in [-0.1, -0.05) is 17.3 Å². The summed E-state index contributed by atoms with van der Waals surface area (Å²) in [4.78, 5) is 8.63. The summed E-state index contributed by atoms with van der Waals surface area (Å²) in [5.74, 6) is 1.21. The summed E-state index contributed by atoms with van der Waals surface area (Å²) >= 11 is 0. The van der Waals surface area contributed by atoms with Gasteiger partial charge < -0.3 is 18.6 Å². The molecule has 7 heteroatoms. The van der Waals surface area contributed by atoms with Crippen LogP contribution in [0.1, 0.15) is 30.1 Å². The Balaban J connectivity index is 1.49. The topological polar surface area (TPSA) is 75.2 Å². The molecule has 1 aromatic carbocycles. The van der Waals surface area contributed by atoms with Crippen LogP contribution in [0, 0.1) is 0 Å². The molecule has 1 saturated heterocycles. The van der Waals surface area contributed by atoms with Gasteiger partial charge >= 0.3 is 0 Å². The molecule has 4 rings (SSSR count). The highest BCUT2D eigenvalue weighted by Crippen LogP contribution is 2.33. The Morgan fingerprint density at radius 2 is 2.00 bits per heavy atom. The van der Waals surface area contributed by atoms with Crippen LogP contribution >= 0.6 is 0 Å². The molecule has 0 radical (unpaired) electrons. The van der Waals surface area contributed by atoms with Crippen molar-refractivity contribution in [2.45, 2.75) is 24.9 Å². The molecule has 3 heterocycles. The Morgan fingerprint density at radius 1 is 1.20 bits per heavy atom. The summed E-state index contributed by atoms with van der Waals surface area (Å²) in [5.41, 5.74) is 1.68. The minimum Gasteiger partial charge on any atom is -0.381 e. The van der Waals surface area contributed by atoms with Gasteiger partial charge in [-0.05, 0) is 17.7 Å². The number of hydrogen-bond donors (Lipinski definition) is 0. The zero-order valence-electron chi connectivity index (χ0n) is 14.1. The Kier molecular flexibility index (Phi) is 4.33. The molecule has 7 nitrogen and oxygen atoms in total. The van der Waals surface area contributed by atoms with Gasteiger partial charge in [0.25, 0.3) is 0 Å². The van der Waals surface area contributed by atoms with Crippen LogP contribution in [-0.2, 0) is 21.5 Å². The number of aromatic nitrogens is 4. The van der Waals surface area contributed by atoms with E-state index in [1.807, 2.05) is 22.9 Å². The molecular weight excluding hydrogens is 320 g/mol. The highest BCUT2D eigenvalue weighted by atomic mass is 16.5. The molecule has 130 valence electrons. The van der Waals surface area contributed by atoms with Gasteiger partial charge in [0, 0.05) is 51.2 Å². The molecule has 0 amide bonds. The van der Waals surface area contributed by atoms with Crippen molar-refractivity contribution in [2.24, 2.45) is 0 Å². The maximum Gasteiger partial charge on any atom is 0.231 e. The van der Waals surface area contributed by atoms with Crippen LogP contribution in [0.2, 0.25) is 0 Å². The summed E-state index contributed by atoms with van der Waals surface area (Å²) in [6.07, 6.45) is 7.52. The van der Waals surface area contributed by atoms with Crippen LogP contribution in [0.25, 0.3) is 5.69 Å². The third-order valence-electron chi connectivity index (χ3n) is 4.66. The first-order chi connectivity index (χ1) is 12.3. The zero-order valence-corrected chi connectivity index (χ0v) is 14.1. The molecule has 0 unspecified atom stereocenters. The summed E-state index contributed by atoms with van der Waals surface area (Å²) in [6, 6.07) is 8.20. The lowest BCUT2D eigenvalue weighted by molar-refractivity contribution is -0.101. The molecule has 0 bridgehead atoms. The van der Waals surface area contributed by atoms with Crippen LogP contribution in [0.15, 0.2) is 47.5 Å². The summed E-state index contributed by atoms with van der Waals surface area (Å²) in [6.45, 7) is 1.29. The number of imidazole rings is 1. The van der Waals surface area contributed by atoms with E-state index in [2.05, 4.69) is 27.3 Å². The van der Waals surface area contributed by atoms with E-state index >= 15 is 0 Å². The smallest absolute Gasteiger partial charge is 0.231 e. The van der Waals surface area contributed by atoms with E-state index in [4.69, 9.17) is 14.0 Å². The van der Waals surface area contributed by atoms with Crippen LogP contribution < -0.4 is 0 Å². The molecule has 0 spiro atoms. The predicted octanol–water partition coefficient (Wildman–Crippen LogP) is 2.50. The highest BCUT2D eigenvalue weighted by molar-refractivity contribution is 5.35. The maximum atomic E-state index is 5.71. The van der Waals surface area contributed by atoms with E-state index in [1.165, 1.54) is 0 Å². The first-order valence-electron chi connectivity index (χ1n) is 8.32. The number of ether oxygens (including phenoxy) is 2. The molecule has 0 atom stereocenters. The van der Waals surface area contributed by atoms with Gasteiger partial charge in [-0.25, -0.2) is 4.98 Å². The Morgan fingerprint density at radius 3 is 2.68 bits per heavy atom. The van der Waals surface area contributed by atoms with E-state index < -0.39 is 5.60 Å². The third-order valence-corrected chi connectivity index (χ3v) is 4.66. The van der Waals surface area contributed by atoms with Crippen molar-refractivity contribution < 1.29 is 14.0 Å². The Hall–Kier alpha value is -2.51. The predicted molar refractivity (Wildman–Crippen MR) is 89.4 cm³/mol. The lowest BCUT2D eigenvalue weighted by Gasteiger charge is -2.32. The van der Waals surface area contributed by atoms with E-state index in [1.54, 1.807) is 19.6 Å². The highest BCUT2D eigenvalue weighted by Gasteiger charge is 2.39. The molecule has 2 aromatic heterocycles. The van der Waals surface area contributed by atoms with Crippen LogP contribution in [0.4, 0.5) is 0 Å². The summed E-state index contributed by atoms with van der Waals surface area (Å²) < 4.78 is 18.5. The second-order valence-electron chi connectivity index (χ2n) is 6.14. The average Bonchev–Trinajstić information content (AvgIpc) is 3.35. The van der Waals surface area contributed by atoms with Crippen LogP contribution in [-0.4, -0.2) is 40.0 Å². The molecule has 0 aliphatic carbocycles. The van der Waals surface area contributed by atoms with E-state index in [-0.39, 0.29) is 0 Å². The molecular formula is C18H20N4O3. The first kappa shape index (κ1) is 16.0. The van der Waals surface area contributed by atoms with Gasteiger partial charge in [0.15, 0.2) is 0 Å². The summed E-state index contributed by atoms with van der Waals surface area (Å²) in [7, 11) is 1.69. The van der Waals surface area contributed by atoms with Gasteiger partial charge in [-0.2, -0.15) is 4.98 Å². The van der Waals surface area contributed by atoms with Gasteiger partial charge in [-0.3, -0.25) is 0 Å². The van der Waals surface area contributed by atoms with Gasteiger partial charge in [0.1, 0.15) is 5.60 Å². The van der Waals surface area contributed by atoms with Crippen molar-refractivity contribution in [1.29, 1.82) is 0 Å². The molecule has 3 aromatic rings. The van der Waals surface area contributed by atoms with E-state index in [9.17, 15) is 0 Å². The molecule has 1 aliphatic rings. The average molecular weight is 340 g/mol. The first-order valence-corrected chi connectivity index (χ1v) is 8.32. The van der Waals surface area contributed by atoms with Crippen molar-refractivity contribution in [2.75, 3.05) is 20.3 Å².